The second kappa shape index (κ2) is 8.65. The van der Waals surface area contributed by atoms with Gasteiger partial charge in [0.1, 0.15) is 0 Å². The van der Waals surface area contributed by atoms with Crippen LogP contribution in [0.5, 0.6) is 0 Å². The van der Waals surface area contributed by atoms with Gasteiger partial charge < -0.3 is 19.9 Å². The number of nitrogens with zero attached hydrogens (tertiary/aromatic N) is 3. The lowest BCUT2D eigenvalue weighted by molar-refractivity contribution is 0.0931. The Morgan fingerprint density at radius 1 is 1.10 bits per heavy atom. The Labute approximate surface area is 169 Å². The smallest absolute Gasteiger partial charge is 0.252 e. The highest BCUT2D eigenvalue weighted by Crippen LogP contribution is 2.18. The molecular weight excluding hydrogens is 370 g/mol. The Hall–Kier alpha value is -2.87. The van der Waals surface area contributed by atoms with E-state index >= 15 is 0 Å². The van der Waals surface area contributed by atoms with Crippen molar-refractivity contribution in [3.63, 3.8) is 0 Å². The number of morpholine rings is 1. The number of hydrogen-bond donors (Lipinski definition) is 2. The van der Waals surface area contributed by atoms with Crippen LogP contribution in [0.15, 0.2) is 35.1 Å². The summed E-state index contributed by atoms with van der Waals surface area (Å²) in [7, 11) is 0. The van der Waals surface area contributed by atoms with E-state index in [4.69, 9.17) is 4.74 Å². The van der Waals surface area contributed by atoms with Gasteiger partial charge in [0, 0.05) is 55.2 Å². The van der Waals surface area contributed by atoms with Crippen molar-refractivity contribution in [1.29, 1.82) is 0 Å². The van der Waals surface area contributed by atoms with Crippen LogP contribution in [0.3, 0.4) is 0 Å². The molecule has 0 atom stereocenters. The summed E-state index contributed by atoms with van der Waals surface area (Å²) in [6.07, 6.45) is 1.63. The first-order valence-electron chi connectivity index (χ1n) is 10.1. The average molecular weight is 397 g/mol. The van der Waals surface area contributed by atoms with E-state index < -0.39 is 0 Å². The third-order valence-corrected chi connectivity index (χ3v) is 5.49. The third kappa shape index (κ3) is 4.76. The molecule has 2 aliphatic rings. The van der Waals surface area contributed by atoms with E-state index in [1.165, 1.54) is 6.07 Å². The van der Waals surface area contributed by atoms with Gasteiger partial charge in [-0.3, -0.25) is 14.6 Å². The molecule has 0 aliphatic carbocycles. The van der Waals surface area contributed by atoms with E-state index in [9.17, 15) is 9.59 Å². The zero-order chi connectivity index (χ0) is 20.2. The van der Waals surface area contributed by atoms with E-state index in [-0.39, 0.29) is 17.5 Å². The number of nitrogens with one attached hydrogen (secondary N) is 2. The summed E-state index contributed by atoms with van der Waals surface area (Å²) in [5.74, 6) is 0.567. The van der Waals surface area contributed by atoms with Crippen molar-refractivity contribution in [2.75, 3.05) is 49.2 Å². The molecule has 29 heavy (non-hydrogen) atoms. The number of aryl methyl sites for hydroxylation is 1. The summed E-state index contributed by atoms with van der Waals surface area (Å²) in [6.45, 7) is 6.55. The van der Waals surface area contributed by atoms with Crippen molar-refractivity contribution >= 4 is 17.5 Å². The highest BCUT2D eigenvalue weighted by Gasteiger charge is 2.23. The molecule has 3 heterocycles. The molecule has 8 heteroatoms. The average Bonchev–Trinajstić information content (AvgIpc) is 2.74. The Morgan fingerprint density at radius 3 is 2.45 bits per heavy atom. The van der Waals surface area contributed by atoms with Crippen molar-refractivity contribution in [2.45, 2.75) is 25.8 Å². The number of aromatic amines is 1. The zero-order valence-corrected chi connectivity index (χ0v) is 16.7. The number of piperidine rings is 1. The first-order valence-corrected chi connectivity index (χ1v) is 10.1. The van der Waals surface area contributed by atoms with E-state index in [0.29, 0.717) is 17.2 Å². The number of hydrogen-bond acceptors (Lipinski definition) is 6. The van der Waals surface area contributed by atoms with Gasteiger partial charge in [0.05, 0.1) is 13.2 Å². The SMILES string of the molecule is Cc1cc(=O)[nH]c(N2CCC(NC(=O)c3ccc(N4CCOCC4)cc3)CC2)n1. The van der Waals surface area contributed by atoms with E-state index in [1.54, 1.807) is 0 Å². The van der Waals surface area contributed by atoms with Gasteiger partial charge in [-0.15, -0.1) is 0 Å². The van der Waals surface area contributed by atoms with Crippen LogP contribution in [0.25, 0.3) is 0 Å². The van der Waals surface area contributed by atoms with Crippen LogP contribution in [0.1, 0.15) is 28.9 Å². The fourth-order valence-electron chi connectivity index (χ4n) is 3.86. The lowest BCUT2D eigenvalue weighted by Crippen LogP contribution is -2.45. The minimum Gasteiger partial charge on any atom is -0.378 e. The molecule has 0 unspecified atom stereocenters. The van der Waals surface area contributed by atoms with Crippen molar-refractivity contribution in [2.24, 2.45) is 0 Å². The second-order valence-corrected chi connectivity index (χ2v) is 7.59. The molecular formula is C21H27N5O3. The minimum absolute atomic E-state index is 0.0425. The largest absolute Gasteiger partial charge is 0.378 e. The van der Waals surface area contributed by atoms with Gasteiger partial charge in [-0.1, -0.05) is 0 Å². The van der Waals surface area contributed by atoms with Crippen molar-refractivity contribution in [3.8, 4) is 0 Å². The number of anilines is 2. The highest BCUT2D eigenvalue weighted by molar-refractivity contribution is 5.94. The molecule has 0 bridgehead atoms. The lowest BCUT2D eigenvalue weighted by Gasteiger charge is -2.32. The first kappa shape index (κ1) is 19.4. The number of carbonyl (C=O) groups excluding carboxylic acids is 1. The molecule has 0 radical (unpaired) electrons. The molecule has 2 aromatic rings. The Kier molecular flexibility index (Phi) is 5.80. The lowest BCUT2D eigenvalue weighted by atomic mass is 10.0. The van der Waals surface area contributed by atoms with Crippen LogP contribution in [0, 0.1) is 6.92 Å². The number of amides is 1. The summed E-state index contributed by atoms with van der Waals surface area (Å²) in [5.41, 5.74) is 2.37. The van der Waals surface area contributed by atoms with E-state index in [1.807, 2.05) is 31.2 Å². The van der Waals surface area contributed by atoms with E-state index in [2.05, 4.69) is 25.1 Å². The Morgan fingerprint density at radius 2 is 1.79 bits per heavy atom. The summed E-state index contributed by atoms with van der Waals surface area (Å²) in [5, 5.41) is 3.14. The maximum Gasteiger partial charge on any atom is 0.252 e. The minimum atomic E-state index is -0.136. The molecule has 2 aliphatic heterocycles. The number of aromatic nitrogens is 2. The van der Waals surface area contributed by atoms with E-state index in [0.717, 1.165) is 57.9 Å². The zero-order valence-electron chi connectivity index (χ0n) is 16.7. The fourth-order valence-corrected chi connectivity index (χ4v) is 3.86. The Bertz CT molecular complexity index is 897. The van der Waals surface area contributed by atoms with Gasteiger partial charge in [-0.05, 0) is 44.0 Å². The van der Waals surface area contributed by atoms with Crippen molar-refractivity contribution in [1.82, 2.24) is 15.3 Å². The third-order valence-electron chi connectivity index (χ3n) is 5.49. The normalized spacial score (nSPS) is 18.0. The first-order chi connectivity index (χ1) is 14.1. The summed E-state index contributed by atoms with van der Waals surface area (Å²) >= 11 is 0. The molecule has 0 saturated carbocycles. The van der Waals surface area contributed by atoms with Crippen LogP contribution in [-0.2, 0) is 4.74 Å². The molecule has 1 aromatic carbocycles. The number of benzene rings is 1. The maximum atomic E-state index is 12.6. The second-order valence-electron chi connectivity index (χ2n) is 7.59. The number of rotatable bonds is 4. The molecule has 2 fully saturated rings. The van der Waals surface area contributed by atoms with Gasteiger partial charge in [0.2, 0.25) is 5.95 Å². The Balaban J connectivity index is 1.31. The number of carbonyl (C=O) groups is 1. The van der Waals surface area contributed by atoms with Crippen LogP contribution in [0.2, 0.25) is 0 Å². The quantitative estimate of drug-likeness (QED) is 0.809. The van der Waals surface area contributed by atoms with Crippen molar-refractivity contribution in [3.05, 3.63) is 51.9 Å². The molecule has 154 valence electrons. The molecule has 0 spiro atoms. The van der Waals surface area contributed by atoms with Gasteiger partial charge in [0.15, 0.2) is 0 Å². The fraction of sp³-hybridized carbons (Fsp3) is 0.476. The topological polar surface area (TPSA) is 90.6 Å². The standard InChI is InChI=1S/C21H27N5O3/c1-15-14-19(27)24-21(22-15)26-8-6-17(7-9-26)23-20(28)16-2-4-18(5-3-16)25-10-12-29-13-11-25/h2-5,14,17H,6-13H2,1H3,(H,23,28)(H,22,24,27). The van der Waals surface area contributed by atoms with Crippen LogP contribution < -0.4 is 20.7 Å². The molecule has 4 rings (SSSR count). The maximum absolute atomic E-state index is 12.6. The molecule has 2 saturated heterocycles. The predicted octanol–water partition coefficient (Wildman–Crippen LogP) is 1.31. The monoisotopic (exact) mass is 397 g/mol. The van der Waals surface area contributed by atoms with Gasteiger partial charge >= 0.3 is 0 Å². The summed E-state index contributed by atoms with van der Waals surface area (Å²) in [6, 6.07) is 9.38. The van der Waals surface area contributed by atoms with Crippen LogP contribution in [0.4, 0.5) is 11.6 Å². The molecule has 8 nitrogen and oxygen atoms in total. The molecule has 2 N–H and O–H groups in total. The number of ether oxygens (including phenoxy) is 1. The summed E-state index contributed by atoms with van der Waals surface area (Å²) < 4.78 is 5.38. The van der Waals surface area contributed by atoms with Gasteiger partial charge in [-0.2, -0.15) is 0 Å². The van der Waals surface area contributed by atoms with Gasteiger partial charge in [0.25, 0.3) is 11.5 Å². The van der Waals surface area contributed by atoms with Crippen molar-refractivity contribution < 1.29 is 9.53 Å². The van der Waals surface area contributed by atoms with Gasteiger partial charge in [-0.25, -0.2) is 4.98 Å². The molecule has 1 amide bonds. The molecule has 1 aromatic heterocycles. The number of H-pyrrole nitrogens is 1. The summed E-state index contributed by atoms with van der Waals surface area (Å²) in [4.78, 5) is 35.8. The van der Waals surface area contributed by atoms with Crippen LogP contribution in [-0.4, -0.2) is 61.3 Å². The predicted molar refractivity (Wildman–Crippen MR) is 112 cm³/mol. The highest BCUT2D eigenvalue weighted by atomic mass is 16.5. The van der Waals surface area contributed by atoms with Crippen LogP contribution >= 0.6 is 0 Å².